The molecule has 0 bridgehead atoms. The van der Waals surface area contributed by atoms with Gasteiger partial charge in [0.05, 0.1) is 25.1 Å². The minimum Gasteiger partial charge on any atom is -0.354 e. The molecule has 16 heavy (non-hydrogen) atoms. The summed E-state index contributed by atoms with van der Waals surface area (Å²) in [5.74, 6) is -0.0955. The van der Waals surface area contributed by atoms with Gasteiger partial charge in [0.25, 0.3) is 0 Å². The van der Waals surface area contributed by atoms with Crippen LogP contribution in [0.1, 0.15) is 26.7 Å². The maximum Gasteiger partial charge on any atom is 0.234 e. The van der Waals surface area contributed by atoms with Crippen LogP contribution in [-0.4, -0.2) is 36.5 Å². The van der Waals surface area contributed by atoms with E-state index in [1.165, 1.54) is 0 Å². The van der Waals surface area contributed by atoms with Crippen molar-refractivity contribution in [2.45, 2.75) is 32.7 Å². The summed E-state index contributed by atoms with van der Waals surface area (Å²) < 4.78 is 0. The molecule has 0 radical (unpaired) electrons. The molecule has 0 saturated carbocycles. The molecule has 0 aliphatic rings. The van der Waals surface area contributed by atoms with Crippen LogP contribution >= 0.6 is 0 Å². The zero-order valence-electron chi connectivity index (χ0n) is 9.86. The molecule has 0 heterocycles. The quantitative estimate of drug-likeness (QED) is 0.641. The van der Waals surface area contributed by atoms with Gasteiger partial charge in [0.1, 0.15) is 0 Å². The molecule has 0 fully saturated rings. The fraction of sp³-hybridized carbons (Fsp3) is 0.727. The Kier molecular flexibility index (Phi) is 7.83. The Morgan fingerprint density at radius 2 is 1.94 bits per heavy atom. The van der Waals surface area contributed by atoms with E-state index in [4.69, 9.17) is 10.5 Å². The molecule has 0 saturated heterocycles. The predicted octanol–water partition coefficient (Wildman–Crippen LogP) is 0.640. The highest BCUT2D eigenvalue weighted by molar-refractivity contribution is 5.78. The minimum atomic E-state index is -0.0955. The van der Waals surface area contributed by atoms with Crippen LogP contribution in [0.4, 0.5) is 0 Å². The van der Waals surface area contributed by atoms with Crippen LogP contribution in [0.25, 0.3) is 0 Å². The van der Waals surface area contributed by atoms with E-state index >= 15 is 0 Å². The summed E-state index contributed by atoms with van der Waals surface area (Å²) in [4.78, 5) is 13.4. The van der Waals surface area contributed by atoms with E-state index in [9.17, 15) is 4.79 Å². The lowest BCUT2D eigenvalue weighted by molar-refractivity contribution is -0.122. The summed E-state index contributed by atoms with van der Waals surface area (Å²) in [6.45, 7) is 5.24. The van der Waals surface area contributed by atoms with Crippen molar-refractivity contribution < 1.29 is 4.79 Å². The smallest absolute Gasteiger partial charge is 0.234 e. The van der Waals surface area contributed by atoms with E-state index in [1.54, 1.807) is 0 Å². The molecule has 0 rings (SSSR count). The molecule has 0 aliphatic heterocycles. The fourth-order valence-corrected chi connectivity index (χ4v) is 1.21. The van der Waals surface area contributed by atoms with Crippen LogP contribution in [0.5, 0.6) is 0 Å². The first kappa shape index (κ1) is 14.4. The van der Waals surface area contributed by atoms with Gasteiger partial charge < -0.3 is 5.32 Å². The van der Waals surface area contributed by atoms with Gasteiger partial charge >= 0.3 is 0 Å². The van der Waals surface area contributed by atoms with Crippen LogP contribution in [0.2, 0.25) is 0 Å². The second-order valence-corrected chi connectivity index (χ2v) is 3.73. The molecule has 0 aliphatic carbocycles. The summed E-state index contributed by atoms with van der Waals surface area (Å²) >= 11 is 0. The van der Waals surface area contributed by atoms with Crippen LogP contribution < -0.4 is 5.32 Å². The van der Waals surface area contributed by atoms with Gasteiger partial charge in [0.2, 0.25) is 5.91 Å². The zero-order valence-corrected chi connectivity index (χ0v) is 9.86. The number of hydrogen-bond donors (Lipinski definition) is 1. The van der Waals surface area contributed by atoms with Crippen molar-refractivity contribution in [2.24, 2.45) is 0 Å². The second kappa shape index (κ2) is 8.70. The Morgan fingerprint density at radius 3 is 2.44 bits per heavy atom. The normalized spacial score (nSPS) is 9.88. The summed E-state index contributed by atoms with van der Waals surface area (Å²) in [5.41, 5.74) is 0. The highest BCUT2D eigenvalue weighted by atomic mass is 16.2. The summed E-state index contributed by atoms with van der Waals surface area (Å²) in [6.07, 6.45) is 0.745. The van der Waals surface area contributed by atoms with E-state index in [1.807, 2.05) is 24.8 Å². The molecular weight excluding hydrogens is 204 g/mol. The monoisotopic (exact) mass is 222 g/mol. The average Bonchev–Trinajstić information content (AvgIpc) is 2.24. The van der Waals surface area contributed by atoms with Crippen LogP contribution in [0.3, 0.4) is 0 Å². The molecule has 0 aromatic carbocycles. The van der Waals surface area contributed by atoms with E-state index in [0.29, 0.717) is 25.9 Å². The number of nitriles is 2. The molecule has 5 nitrogen and oxygen atoms in total. The first-order chi connectivity index (χ1) is 7.61. The number of carbonyl (C=O) groups is 1. The van der Waals surface area contributed by atoms with Crippen LogP contribution in [-0.2, 0) is 4.79 Å². The minimum absolute atomic E-state index is 0.0955. The van der Waals surface area contributed by atoms with Gasteiger partial charge in [-0.1, -0.05) is 0 Å². The topological polar surface area (TPSA) is 79.9 Å². The van der Waals surface area contributed by atoms with Gasteiger partial charge in [-0.25, -0.2) is 0 Å². The van der Waals surface area contributed by atoms with Crippen molar-refractivity contribution >= 4 is 5.91 Å². The highest BCUT2D eigenvalue weighted by Crippen LogP contribution is 1.98. The zero-order chi connectivity index (χ0) is 12.4. The molecule has 0 spiro atoms. The van der Waals surface area contributed by atoms with E-state index < -0.39 is 0 Å². The number of amides is 1. The molecular formula is C11H18N4O. The van der Waals surface area contributed by atoms with E-state index in [0.717, 1.165) is 0 Å². The van der Waals surface area contributed by atoms with E-state index in [2.05, 4.69) is 11.4 Å². The fourth-order valence-electron chi connectivity index (χ4n) is 1.21. The third-order valence-electron chi connectivity index (χ3n) is 2.15. The second-order valence-electron chi connectivity index (χ2n) is 3.73. The Balaban J connectivity index is 3.95. The molecule has 0 atom stereocenters. The maximum absolute atomic E-state index is 11.5. The van der Waals surface area contributed by atoms with Gasteiger partial charge in [-0.3, -0.25) is 9.69 Å². The van der Waals surface area contributed by atoms with Gasteiger partial charge in [-0.2, -0.15) is 10.5 Å². The lowest BCUT2D eigenvalue weighted by Crippen LogP contribution is -2.41. The van der Waals surface area contributed by atoms with Crippen molar-refractivity contribution in [3.8, 4) is 12.1 Å². The molecule has 88 valence electrons. The Labute approximate surface area is 96.6 Å². The lowest BCUT2D eigenvalue weighted by atomic mass is 10.3. The Hall–Kier alpha value is -1.59. The predicted molar refractivity (Wildman–Crippen MR) is 60.2 cm³/mol. The number of nitrogens with one attached hydrogen (secondary N) is 1. The first-order valence-electron chi connectivity index (χ1n) is 5.36. The SMILES string of the molecule is CC(C)N(CCC#N)CC(=O)NCCC#N. The van der Waals surface area contributed by atoms with Crippen LogP contribution in [0.15, 0.2) is 0 Å². The summed E-state index contributed by atoms with van der Waals surface area (Å²) in [5, 5.41) is 19.5. The molecule has 1 amide bonds. The highest BCUT2D eigenvalue weighted by Gasteiger charge is 2.12. The average molecular weight is 222 g/mol. The number of carbonyl (C=O) groups excluding carboxylic acids is 1. The van der Waals surface area contributed by atoms with Crippen molar-refractivity contribution in [2.75, 3.05) is 19.6 Å². The Morgan fingerprint density at radius 1 is 1.31 bits per heavy atom. The third kappa shape index (κ3) is 6.80. The van der Waals surface area contributed by atoms with Crippen molar-refractivity contribution in [1.29, 1.82) is 10.5 Å². The standard InChI is InChI=1S/C11H18N4O/c1-10(2)15(8-4-6-13)9-11(16)14-7-3-5-12/h10H,3-4,7-9H2,1-2H3,(H,14,16). The maximum atomic E-state index is 11.5. The van der Waals surface area contributed by atoms with Gasteiger partial charge in [-0.15, -0.1) is 0 Å². The largest absolute Gasteiger partial charge is 0.354 e. The first-order valence-corrected chi connectivity index (χ1v) is 5.36. The van der Waals surface area contributed by atoms with Gasteiger partial charge in [-0.05, 0) is 13.8 Å². The lowest BCUT2D eigenvalue weighted by Gasteiger charge is -2.24. The molecule has 1 N–H and O–H groups in total. The Bertz CT molecular complexity index is 287. The van der Waals surface area contributed by atoms with Crippen molar-refractivity contribution in [3.05, 3.63) is 0 Å². The summed E-state index contributed by atoms with van der Waals surface area (Å²) in [6, 6.07) is 4.26. The van der Waals surface area contributed by atoms with Crippen molar-refractivity contribution in [1.82, 2.24) is 10.2 Å². The molecule has 0 aromatic rings. The number of rotatable bonds is 7. The van der Waals surface area contributed by atoms with Gasteiger partial charge in [0, 0.05) is 25.6 Å². The van der Waals surface area contributed by atoms with Gasteiger partial charge in [0.15, 0.2) is 0 Å². The van der Waals surface area contributed by atoms with E-state index in [-0.39, 0.29) is 18.5 Å². The van der Waals surface area contributed by atoms with Crippen molar-refractivity contribution in [3.63, 3.8) is 0 Å². The molecule has 0 aromatic heterocycles. The number of hydrogen-bond acceptors (Lipinski definition) is 4. The summed E-state index contributed by atoms with van der Waals surface area (Å²) in [7, 11) is 0. The molecule has 5 heteroatoms. The van der Waals surface area contributed by atoms with Crippen LogP contribution in [0, 0.1) is 22.7 Å². The number of nitrogens with zero attached hydrogens (tertiary/aromatic N) is 3. The third-order valence-corrected chi connectivity index (χ3v) is 2.15. The molecule has 0 unspecified atom stereocenters.